The molecule has 7 nitrogen and oxygen atoms in total. The number of urea groups is 1. The van der Waals surface area contributed by atoms with Crippen molar-refractivity contribution in [2.75, 3.05) is 33.9 Å². The third kappa shape index (κ3) is 4.39. The first kappa shape index (κ1) is 19.9. The van der Waals surface area contributed by atoms with Gasteiger partial charge in [0, 0.05) is 37.2 Å². The average molecular weight is 363 g/mol. The number of carbonyl (C=O) groups is 2. The lowest BCUT2D eigenvalue weighted by Crippen LogP contribution is -2.41. The Labute approximate surface area is 155 Å². The van der Waals surface area contributed by atoms with Crippen molar-refractivity contribution in [3.05, 3.63) is 23.8 Å². The molecule has 2 N–H and O–H groups in total. The second kappa shape index (κ2) is 8.78. The van der Waals surface area contributed by atoms with Crippen molar-refractivity contribution in [3.8, 4) is 11.5 Å². The number of nitrogens with zero attached hydrogens (tertiary/aromatic N) is 1. The Morgan fingerprint density at radius 3 is 2.54 bits per heavy atom. The molecule has 144 valence electrons. The van der Waals surface area contributed by atoms with Crippen molar-refractivity contribution < 1.29 is 19.1 Å². The Morgan fingerprint density at radius 1 is 1.23 bits per heavy atom. The standard InChI is InChI=1S/C19H29N3O4/c1-6-20-19(24)22-10-15(16(11-22)18(23)21-12(2)3)14-9-13(25-4)7-8-17(14)26-5/h7-9,12,15-16H,6,10-11H2,1-5H3,(H,20,24)(H,21,23). The summed E-state index contributed by atoms with van der Waals surface area (Å²) in [7, 11) is 3.20. The van der Waals surface area contributed by atoms with Crippen molar-refractivity contribution in [2.24, 2.45) is 5.92 Å². The van der Waals surface area contributed by atoms with E-state index < -0.39 is 0 Å². The zero-order chi connectivity index (χ0) is 19.3. The first-order chi connectivity index (χ1) is 12.4. The second-order valence-corrected chi connectivity index (χ2v) is 6.72. The number of amides is 3. The van der Waals surface area contributed by atoms with Crippen LogP contribution in [-0.2, 0) is 4.79 Å². The lowest BCUT2D eigenvalue weighted by molar-refractivity contribution is -0.125. The predicted molar refractivity (Wildman–Crippen MR) is 99.7 cm³/mol. The van der Waals surface area contributed by atoms with Crippen LogP contribution >= 0.6 is 0 Å². The molecule has 26 heavy (non-hydrogen) atoms. The molecule has 0 saturated carbocycles. The second-order valence-electron chi connectivity index (χ2n) is 6.72. The first-order valence-electron chi connectivity index (χ1n) is 8.96. The third-order valence-corrected chi connectivity index (χ3v) is 4.54. The monoisotopic (exact) mass is 363 g/mol. The third-order valence-electron chi connectivity index (χ3n) is 4.54. The topological polar surface area (TPSA) is 79.9 Å². The highest BCUT2D eigenvalue weighted by atomic mass is 16.5. The fourth-order valence-electron chi connectivity index (χ4n) is 3.33. The van der Waals surface area contributed by atoms with E-state index in [4.69, 9.17) is 9.47 Å². The van der Waals surface area contributed by atoms with Gasteiger partial charge in [0.25, 0.3) is 0 Å². The van der Waals surface area contributed by atoms with Crippen LogP contribution in [0.3, 0.4) is 0 Å². The van der Waals surface area contributed by atoms with Crippen molar-refractivity contribution in [1.29, 1.82) is 0 Å². The first-order valence-corrected chi connectivity index (χ1v) is 8.96. The summed E-state index contributed by atoms with van der Waals surface area (Å²) in [6.07, 6.45) is 0. The summed E-state index contributed by atoms with van der Waals surface area (Å²) in [4.78, 5) is 26.8. The average Bonchev–Trinajstić information content (AvgIpc) is 3.06. The number of hydrogen-bond donors (Lipinski definition) is 2. The van der Waals surface area contributed by atoms with Gasteiger partial charge < -0.3 is 25.0 Å². The van der Waals surface area contributed by atoms with Crippen LogP contribution in [0.4, 0.5) is 4.79 Å². The van der Waals surface area contributed by atoms with Gasteiger partial charge in [-0.15, -0.1) is 0 Å². The summed E-state index contributed by atoms with van der Waals surface area (Å²) in [5.74, 6) is 0.820. The van der Waals surface area contributed by atoms with E-state index in [1.165, 1.54) is 0 Å². The minimum absolute atomic E-state index is 0.0360. The van der Waals surface area contributed by atoms with Gasteiger partial charge in [-0.2, -0.15) is 0 Å². The van der Waals surface area contributed by atoms with E-state index in [-0.39, 0.29) is 29.8 Å². The van der Waals surface area contributed by atoms with E-state index in [2.05, 4.69) is 10.6 Å². The van der Waals surface area contributed by atoms with Gasteiger partial charge >= 0.3 is 6.03 Å². The molecule has 7 heteroatoms. The van der Waals surface area contributed by atoms with Gasteiger partial charge in [0.1, 0.15) is 11.5 Å². The van der Waals surface area contributed by atoms with Gasteiger partial charge in [-0.3, -0.25) is 4.79 Å². The van der Waals surface area contributed by atoms with Gasteiger partial charge in [-0.05, 0) is 39.0 Å². The molecule has 0 bridgehead atoms. The molecule has 3 amide bonds. The summed E-state index contributed by atoms with van der Waals surface area (Å²) in [6.45, 7) is 7.09. The molecule has 1 aromatic carbocycles. The van der Waals surface area contributed by atoms with Crippen LogP contribution in [0.25, 0.3) is 0 Å². The number of rotatable bonds is 6. The number of nitrogens with one attached hydrogen (secondary N) is 2. The number of hydrogen-bond acceptors (Lipinski definition) is 4. The lowest BCUT2D eigenvalue weighted by atomic mass is 9.87. The normalized spacial score (nSPS) is 19.4. The van der Waals surface area contributed by atoms with Crippen LogP contribution in [0.1, 0.15) is 32.3 Å². The van der Waals surface area contributed by atoms with Crippen molar-refractivity contribution in [2.45, 2.75) is 32.7 Å². The molecule has 1 aliphatic heterocycles. The van der Waals surface area contributed by atoms with Crippen molar-refractivity contribution >= 4 is 11.9 Å². The maximum atomic E-state index is 12.8. The molecule has 2 unspecified atom stereocenters. The van der Waals surface area contributed by atoms with Crippen LogP contribution < -0.4 is 20.1 Å². The largest absolute Gasteiger partial charge is 0.497 e. The fourth-order valence-corrected chi connectivity index (χ4v) is 3.33. The zero-order valence-corrected chi connectivity index (χ0v) is 16.2. The van der Waals surface area contributed by atoms with Crippen molar-refractivity contribution in [3.63, 3.8) is 0 Å². The molecule has 0 radical (unpaired) electrons. The summed E-state index contributed by atoms with van der Waals surface area (Å²) in [6, 6.07) is 5.43. The highest BCUT2D eigenvalue weighted by Crippen LogP contribution is 2.39. The predicted octanol–water partition coefficient (Wildman–Crippen LogP) is 1.97. The van der Waals surface area contributed by atoms with E-state index >= 15 is 0 Å². The molecule has 2 rings (SSSR count). The number of benzene rings is 1. The zero-order valence-electron chi connectivity index (χ0n) is 16.2. The molecule has 1 aliphatic rings. The maximum Gasteiger partial charge on any atom is 0.317 e. The van der Waals surface area contributed by atoms with Crippen LogP contribution in [-0.4, -0.2) is 56.7 Å². The molecule has 1 aromatic rings. The minimum Gasteiger partial charge on any atom is -0.497 e. The van der Waals surface area contributed by atoms with Gasteiger partial charge in [0.05, 0.1) is 20.1 Å². The Balaban J connectivity index is 2.38. The summed E-state index contributed by atoms with van der Waals surface area (Å²) < 4.78 is 10.8. The molecule has 0 spiro atoms. The summed E-state index contributed by atoms with van der Waals surface area (Å²) in [5.41, 5.74) is 0.877. The SMILES string of the molecule is CCNC(=O)N1CC(C(=O)NC(C)C)C(c2cc(OC)ccc2OC)C1. The quantitative estimate of drug-likeness (QED) is 0.810. The Kier molecular flexibility index (Phi) is 6.71. The Morgan fingerprint density at radius 2 is 1.96 bits per heavy atom. The number of ether oxygens (including phenoxy) is 2. The van der Waals surface area contributed by atoms with E-state index in [9.17, 15) is 9.59 Å². The summed E-state index contributed by atoms with van der Waals surface area (Å²) >= 11 is 0. The van der Waals surface area contributed by atoms with E-state index in [1.54, 1.807) is 19.1 Å². The molecule has 1 saturated heterocycles. The molecule has 1 fully saturated rings. The minimum atomic E-state index is -0.346. The Bertz CT molecular complexity index is 648. The smallest absolute Gasteiger partial charge is 0.317 e. The fraction of sp³-hybridized carbons (Fsp3) is 0.579. The van der Waals surface area contributed by atoms with Crippen LogP contribution in [0.2, 0.25) is 0 Å². The molecule has 2 atom stereocenters. The van der Waals surface area contributed by atoms with Gasteiger partial charge in [0.2, 0.25) is 5.91 Å². The molecular weight excluding hydrogens is 334 g/mol. The highest BCUT2D eigenvalue weighted by Gasteiger charge is 2.41. The highest BCUT2D eigenvalue weighted by molar-refractivity contribution is 5.83. The maximum absolute atomic E-state index is 12.8. The van der Waals surface area contributed by atoms with Crippen LogP contribution in [0, 0.1) is 5.92 Å². The number of carbonyl (C=O) groups excluding carboxylic acids is 2. The van der Waals surface area contributed by atoms with E-state index in [1.807, 2.05) is 39.0 Å². The van der Waals surface area contributed by atoms with Crippen LogP contribution in [0.15, 0.2) is 18.2 Å². The van der Waals surface area contributed by atoms with E-state index in [0.29, 0.717) is 31.1 Å². The molecule has 1 heterocycles. The molecular formula is C19H29N3O4. The summed E-state index contributed by atoms with van der Waals surface area (Å²) in [5, 5.41) is 5.78. The van der Waals surface area contributed by atoms with Crippen molar-refractivity contribution in [1.82, 2.24) is 15.5 Å². The van der Waals surface area contributed by atoms with Gasteiger partial charge in [-0.25, -0.2) is 4.79 Å². The van der Waals surface area contributed by atoms with Gasteiger partial charge in [-0.1, -0.05) is 0 Å². The molecule has 0 aliphatic carbocycles. The lowest BCUT2D eigenvalue weighted by Gasteiger charge is -2.21. The molecule has 0 aromatic heterocycles. The Hall–Kier alpha value is -2.44. The van der Waals surface area contributed by atoms with E-state index in [0.717, 1.165) is 5.56 Å². The van der Waals surface area contributed by atoms with Crippen LogP contribution in [0.5, 0.6) is 11.5 Å². The number of methoxy groups -OCH3 is 2. The van der Waals surface area contributed by atoms with Gasteiger partial charge in [0.15, 0.2) is 0 Å². The number of likely N-dealkylation sites (tertiary alicyclic amines) is 1.